The highest BCUT2D eigenvalue weighted by Crippen LogP contribution is 2.27. The summed E-state index contributed by atoms with van der Waals surface area (Å²) in [6.45, 7) is 5.36. The van der Waals surface area contributed by atoms with Gasteiger partial charge >= 0.3 is 0 Å². The zero-order chi connectivity index (χ0) is 12.3. The summed E-state index contributed by atoms with van der Waals surface area (Å²) in [7, 11) is 0. The lowest BCUT2D eigenvalue weighted by atomic mass is 10.1. The van der Waals surface area contributed by atoms with Gasteiger partial charge in [0.2, 0.25) is 0 Å². The van der Waals surface area contributed by atoms with Gasteiger partial charge in [0.05, 0.1) is 6.61 Å². The van der Waals surface area contributed by atoms with Gasteiger partial charge < -0.3 is 15.3 Å². The quantitative estimate of drug-likeness (QED) is 0.803. The van der Waals surface area contributed by atoms with E-state index in [0.29, 0.717) is 6.04 Å². The molecule has 0 amide bonds. The highest BCUT2D eigenvalue weighted by molar-refractivity contribution is 7.98. The van der Waals surface area contributed by atoms with Crippen LogP contribution in [0.4, 0.5) is 5.69 Å². The summed E-state index contributed by atoms with van der Waals surface area (Å²) in [4.78, 5) is 3.59. The van der Waals surface area contributed by atoms with E-state index in [2.05, 4.69) is 41.6 Å². The normalized spacial score (nSPS) is 20.6. The molecule has 1 heterocycles. The van der Waals surface area contributed by atoms with Gasteiger partial charge in [0.25, 0.3) is 0 Å². The standard InChI is InChI=1S/C13H20N2OS/c1-10-8-14-5-6-15(10)13-4-3-12(17-2)7-11(13)9-16/h3-4,7,10,14,16H,5-6,8-9H2,1-2H3/t10-/m1/s1. The second-order valence-corrected chi connectivity index (χ2v) is 5.28. The first kappa shape index (κ1) is 12.7. The van der Waals surface area contributed by atoms with Crippen LogP contribution >= 0.6 is 11.8 Å². The Bertz CT molecular complexity index is 384. The van der Waals surface area contributed by atoms with E-state index in [4.69, 9.17) is 0 Å². The maximum atomic E-state index is 9.50. The second kappa shape index (κ2) is 5.76. The van der Waals surface area contributed by atoms with Gasteiger partial charge in [0, 0.05) is 41.8 Å². The van der Waals surface area contributed by atoms with Crippen molar-refractivity contribution in [3.05, 3.63) is 23.8 Å². The van der Waals surface area contributed by atoms with E-state index in [9.17, 15) is 5.11 Å². The first-order valence-corrected chi connectivity index (χ1v) is 7.24. The summed E-state index contributed by atoms with van der Waals surface area (Å²) < 4.78 is 0. The van der Waals surface area contributed by atoms with Crippen LogP contribution < -0.4 is 10.2 Å². The first-order chi connectivity index (χ1) is 8.26. The molecular formula is C13H20N2OS. The minimum absolute atomic E-state index is 0.111. The minimum atomic E-state index is 0.111. The fraction of sp³-hybridized carbons (Fsp3) is 0.538. The average molecular weight is 252 g/mol. The minimum Gasteiger partial charge on any atom is -0.392 e. The topological polar surface area (TPSA) is 35.5 Å². The predicted octanol–water partition coefficient (Wildman–Crippen LogP) is 1.70. The van der Waals surface area contributed by atoms with E-state index >= 15 is 0 Å². The molecule has 94 valence electrons. The lowest BCUT2D eigenvalue weighted by molar-refractivity contribution is 0.281. The zero-order valence-electron chi connectivity index (χ0n) is 10.4. The summed E-state index contributed by atoms with van der Waals surface area (Å²) in [6.07, 6.45) is 2.06. The number of aliphatic hydroxyl groups is 1. The average Bonchev–Trinajstić information content (AvgIpc) is 2.38. The van der Waals surface area contributed by atoms with E-state index in [1.165, 1.54) is 10.6 Å². The molecular weight excluding hydrogens is 232 g/mol. The molecule has 0 spiro atoms. The smallest absolute Gasteiger partial charge is 0.0702 e. The van der Waals surface area contributed by atoms with Crippen LogP contribution in [0.15, 0.2) is 23.1 Å². The monoisotopic (exact) mass is 252 g/mol. The molecule has 0 bridgehead atoms. The Morgan fingerprint density at radius 3 is 3.00 bits per heavy atom. The summed E-state index contributed by atoms with van der Waals surface area (Å²) in [5.74, 6) is 0. The van der Waals surface area contributed by atoms with E-state index in [1.807, 2.05) is 0 Å². The number of nitrogens with zero attached hydrogens (tertiary/aromatic N) is 1. The van der Waals surface area contributed by atoms with E-state index in [-0.39, 0.29) is 6.61 Å². The molecule has 1 saturated heterocycles. The van der Waals surface area contributed by atoms with Gasteiger partial charge in [-0.2, -0.15) is 0 Å². The van der Waals surface area contributed by atoms with Gasteiger partial charge in [-0.3, -0.25) is 0 Å². The molecule has 2 N–H and O–H groups in total. The van der Waals surface area contributed by atoms with Crippen LogP contribution in [-0.4, -0.2) is 37.0 Å². The van der Waals surface area contributed by atoms with Crippen LogP contribution in [0, 0.1) is 0 Å². The Labute approximate surface area is 107 Å². The number of aliphatic hydroxyl groups excluding tert-OH is 1. The fourth-order valence-electron chi connectivity index (χ4n) is 2.29. The highest BCUT2D eigenvalue weighted by atomic mass is 32.2. The maximum Gasteiger partial charge on any atom is 0.0702 e. The van der Waals surface area contributed by atoms with Gasteiger partial charge in [-0.25, -0.2) is 0 Å². The van der Waals surface area contributed by atoms with Crippen molar-refractivity contribution in [2.45, 2.75) is 24.5 Å². The summed E-state index contributed by atoms with van der Waals surface area (Å²) in [5, 5.41) is 12.9. The number of piperazine rings is 1. The van der Waals surface area contributed by atoms with Gasteiger partial charge in [0.1, 0.15) is 0 Å². The van der Waals surface area contributed by atoms with Crippen LogP contribution in [0.1, 0.15) is 12.5 Å². The van der Waals surface area contributed by atoms with Gasteiger partial charge in [-0.05, 0) is 31.4 Å². The highest BCUT2D eigenvalue weighted by Gasteiger charge is 2.20. The van der Waals surface area contributed by atoms with Crippen molar-refractivity contribution in [3.63, 3.8) is 0 Å². The van der Waals surface area contributed by atoms with Crippen molar-refractivity contribution in [2.24, 2.45) is 0 Å². The van der Waals surface area contributed by atoms with Crippen LogP contribution in [-0.2, 0) is 6.61 Å². The van der Waals surface area contributed by atoms with Crippen LogP contribution in [0.5, 0.6) is 0 Å². The van der Waals surface area contributed by atoms with Crippen molar-refractivity contribution in [3.8, 4) is 0 Å². The Morgan fingerprint density at radius 1 is 1.53 bits per heavy atom. The van der Waals surface area contributed by atoms with Crippen molar-refractivity contribution < 1.29 is 5.11 Å². The van der Waals surface area contributed by atoms with Crippen molar-refractivity contribution >= 4 is 17.4 Å². The maximum absolute atomic E-state index is 9.50. The number of thioether (sulfide) groups is 1. The first-order valence-electron chi connectivity index (χ1n) is 6.01. The Kier molecular flexibility index (Phi) is 4.31. The molecule has 0 unspecified atom stereocenters. The summed E-state index contributed by atoms with van der Waals surface area (Å²) >= 11 is 1.71. The van der Waals surface area contributed by atoms with Crippen molar-refractivity contribution in [2.75, 3.05) is 30.8 Å². The number of nitrogens with one attached hydrogen (secondary N) is 1. The molecule has 3 nitrogen and oxygen atoms in total. The van der Waals surface area contributed by atoms with Crippen LogP contribution in [0.3, 0.4) is 0 Å². The molecule has 2 rings (SSSR count). The zero-order valence-corrected chi connectivity index (χ0v) is 11.3. The molecule has 0 saturated carbocycles. The fourth-order valence-corrected chi connectivity index (χ4v) is 2.76. The van der Waals surface area contributed by atoms with E-state index < -0.39 is 0 Å². The van der Waals surface area contributed by atoms with Crippen LogP contribution in [0.25, 0.3) is 0 Å². The largest absolute Gasteiger partial charge is 0.392 e. The molecule has 1 aliphatic rings. The van der Waals surface area contributed by atoms with Crippen molar-refractivity contribution in [1.29, 1.82) is 0 Å². The predicted molar refractivity (Wildman–Crippen MR) is 73.8 cm³/mol. The summed E-state index contributed by atoms with van der Waals surface area (Å²) in [5.41, 5.74) is 2.21. The Balaban J connectivity index is 2.30. The molecule has 1 aromatic rings. The molecule has 0 aromatic heterocycles. The molecule has 1 fully saturated rings. The Hall–Kier alpha value is -0.710. The second-order valence-electron chi connectivity index (χ2n) is 4.40. The molecule has 0 aliphatic carbocycles. The lowest BCUT2D eigenvalue weighted by Gasteiger charge is -2.37. The van der Waals surface area contributed by atoms with Gasteiger partial charge in [-0.15, -0.1) is 11.8 Å². The number of anilines is 1. The Morgan fingerprint density at radius 2 is 2.35 bits per heavy atom. The third kappa shape index (κ3) is 2.76. The van der Waals surface area contributed by atoms with Crippen LogP contribution in [0.2, 0.25) is 0 Å². The third-order valence-corrected chi connectivity index (χ3v) is 3.99. The lowest BCUT2D eigenvalue weighted by Crippen LogP contribution is -2.50. The van der Waals surface area contributed by atoms with Gasteiger partial charge in [0.15, 0.2) is 0 Å². The van der Waals surface area contributed by atoms with E-state index in [0.717, 1.165) is 25.2 Å². The molecule has 4 heteroatoms. The molecule has 0 radical (unpaired) electrons. The number of hydrogen-bond donors (Lipinski definition) is 2. The number of rotatable bonds is 3. The molecule has 1 aliphatic heterocycles. The SMILES string of the molecule is CSc1ccc(N2CCNC[C@H]2C)c(CO)c1. The number of hydrogen-bond acceptors (Lipinski definition) is 4. The summed E-state index contributed by atoms with van der Waals surface area (Å²) in [6, 6.07) is 6.84. The molecule has 17 heavy (non-hydrogen) atoms. The third-order valence-electron chi connectivity index (χ3n) is 3.27. The van der Waals surface area contributed by atoms with E-state index in [1.54, 1.807) is 11.8 Å². The van der Waals surface area contributed by atoms with Crippen molar-refractivity contribution in [1.82, 2.24) is 5.32 Å². The molecule has 1 atom stereocenters. The van der Waals surface area contributed by atoms with Gasteiger partial charge in [-0.1, -0.05) is 0 Å². The number of benzene rings is 1. The molecule has 1 aromatic carbocycles.